The number of carbonyl (C=O) groups is 1. The fraction of sp³-hybridized carbons (Fsp3) is 0.261. The first kappa shape index (κ1) is 20.5. The number of anilines is 1. The number of nitrogens with zero attached hydrogens (tertiary/aromatic N) is 2. The highest BCUT2D eigenvalue weighted by molar-refractivity contribution is 7.89. The average Bonchev–Trinajstić information content (AvgIpc) is 2.78. The molecule has 1 atom stereocenters. The van der Waals surface area contributed by atoms with Gasteiger partial charge in [0, 0.05) is 25.8 Å². The van der Waals surface area contributed by atoms with Gasteiger partial charge in [0.15, 0.2) is 0 Å². The van der Waals surface area contributed by atoms with E-state index in [0.29, 0.717) is 25.1 Å². The Morgan fingerprint density at radius 3 is 2.47 bits per heavy atom. The number of amides is 1. The average molecular weight is 427 g/mol. The van der Waals surface area contributed by atoms with Crippen molar-refractivity contribution in [2.24, 2.45) is 5.92 Å². The third-order valence-corrected chi connectivity index (χ3v) is 7.50. The van der Waals surface area contributed by atoms with Gasteiger partial charge in [-0.25, -0.2) is 12.8 Å². The van der Waals surface area contributed by atoms with Gasteiger partial charge < -0.3 is 4.90 Å². The molecule has 0 N–H and O–H groups in total. The summed E-state index contributed by atoms with van der Waals surface area (Å²) in [5.41, 5.74) is 0.580. The molecule has 1 unspecified atom stereocenters. The van der Waals surface area contributed by atoms with Crippen molar-refractivity contribution in [2.45, 2.75) is 17.7 Å². The number of hydrogen-bond acceptors (Lipinski definition) is 3. The monoisotopic (exact) mass is 426 g/mol. The van der Waals surface area contributed by atoms with Gasteiger partial charge in [0.1, 0.15) is 5.82 Å². The summed E-state index contributed by atoms with van der Waals surface area (Å²) >= 11 is 0. The van der Waals surface area contributed by atoms with Crippen LogP contribution in [0.5, 0.6) is 0 Å². The van der Waals surface area contributed by atoms with E-state index in [1.807, 2.05) is 24.3 Å². The molecule has 156 valence electrons. The molecule has 0 radical (unpaired) electrons. The minimum absolute atomic E-state index is 0.138. The summed E-state index contributed by atoms with van der Waals surface area (Å²) < 4.78 is 41.0. The molecule has 3 aromatic carbocycles. The van der Waals surface area contributed by atoms with Crippen molar-refractivity contribution >= 4 is 32.4 Å². The molecule has 0 spiro atoms. The Labute approximate surface area is 175 Å². The maximum Gasteiger partial charge on any atom is 0.243 e. The molecular weight excluding hydrogens is 403 g/mol. The van der Waals surface area contributed by atoms with Gasteiger partial charge in [-0.15, -0.1) is 0 Å². The van der Waals surface area contributed by atoms with E-state index in [2.05, 4.69) is 0 Å². The molecule has 30 heavy (non-hydrogen) atoms. The van der Waals surface area contributed by atoms with Crippen LogP contribution in [0.25, 0.3) is 10.8 Å². The third kappa shape index (κ3) is 3.95. The van der Waals surface area contributed by atoms with Crippen molar-refractivity contribution in [2.75, 3.05) is 25.0 Å². The predicted molar refractivity (Wildman–Crippen MR) is 115 cm³/mol. The van der Waals surface area contributed by atoms with E-state index >= 15 is 0 Å². The van der Waals surface area contributed by atoms with Gasteiger partial charge in [0.25, 0.3) is 0 Å². The van der Waals surface area contributed by atoms with E-state index in [1.165, 1.54) is 21.3 Å². The Morgan fingerprint density at radius 1 is 1.03 bits per heavy atom. The Morgan fingerprint density at radius 2 is 1.73 bits per heavy atom. The largest absolute Gasteiger partial charge is 0.315 e. The second kappa shape index (κ2) is 8.16. The van der Waals surface area contributed by atoms with Crippen molar-refractivity contribution in [1.29, 1.82) is 0 Å². The normalized spacial score (nSPS) is 17.7. The summed E-state index contributed by atoms with van der Waals surface area (Å²) in [6.45, 7) is 0.527. The maximum atomic E-state index is 13.2. The van der Waals surface area contributed by atoms with Crippen LogP contribution in [-0.4, -0.2) is 38.8 Å². The lowest BCUT2D eigenvalue weighted by atomic mass is 9.98. The van der Waals surface area contributed by atoms with Crippen LogP contribution < -0.4 is 4.90 Å². The number of hydrogen-bond donors (Lipinski definition) is 0. The molecule has 1 saturated heterocycles. The number of halogens is 1. The Kier molecular flexibility index (Phi) is 5.58. The topological polar surface area (TPSA) is 57.7 Å². The molecule has 1 amide bonds. The van der Waals surface area contributed by atoms with Gasteiger partial charge in [0.05, 0.1) is 10.8 Å². The molecule has 1 heterocycles. The van der Waals surface area contributed by atoms with Crippen LogP contribution in [0, 0.1) is 11.7 Å². The summed E-state index contributed by atoms with van der Waals surface area (Å²) in [6, 6.07) is 18.4. The van der Waals surface area contributed by atoms with Crippen LogP contribution in [0.2, 0.25) is 0 Å². The molecule has 5 nitrogen and oxygen atoms in total. The molecule has 1 fully saturated rings. The second-order valence-corrected chi connectivity index (χ2v) is 9.52. The number of piperidine rings is 1. The highest BCUT2D eigenvalue weighted by Crippen LogP contribution is 2.28. The Hall–Kier alpha value is -2.77. The minimum Gasteiger partial charge on any atom is -0.315 e. The number of carbonyl (C=O) groups excluding carboxylic acids is 1. The highest BCUT2D eigenvalue weighted by atomic mass is 32.2. The fourth-order valence-corrected chi connectivity index (χ4v) is 5.46. The van der Waals surface area contributed by atoms with Crippen LogP contribution >= 0.6 is 0 Å². The van der Waals surface area contributed by atoms with Gasteiger partial charge >= 0.3 is 0 Å². The van der Waals surface area contributed by atoms with E-state index in [0.717, 1.165) is 10.8 Å². The zero-order chi connectivity index (χ0) is 21.3. The quantitative estimate of drug-likeness (QED) is 0.633. The van der Waals surface area contributed by atoms with Crippen molar-refractivity contribution in [3.8, 4) is 0 Å². The molecule has 1 aliphatic rings. The first-order valence-electron chi connectivity index (χ1n) is 9.88. The summed E-state index contributed by atoms with van der Waals surface area (Å²) in [6.07, 6.45) is 1.23. The van der Waals surface area contributed by atoms with Crippen LogP contribution in [0.4, 0.5) is 10.1 Å². The van der Waals surface area contributed by atoms with Gasteiger partial charge in [0.2, 0.25) is 15.9 Å². The van der Waals surface area contributed by atoms with Crippen molar-refractivity contribution in [3.05, 3.63) is 72.5 Å². The zero-order valence-corrected chi connectivity index (χ0v) is 17.5. The van der Waals surface area contributed by atoms with Crippen LogP contribution in [0.1, 0.15) is 12.8 Å². The first-order valence-corrected chi connectivity index (χ1v) is 11.3. The zero-order valence-electron chi connectivity index (χ0n) is 16.7. The molecule has 0 aromatic heterocycles. The predicted octanol–water partition coefficient (Wildman–Crippen LogP) is 4.04. The number of rotatable bonds is 4. The maximum absolute atomic E-state index is 13.2. The minimum atomic E-state index is -3.70. The summed E-state index contributed by atoms with van der Waals surface area (Å²) in [4.78, 5) is 14.7. The Balaban J connectivity index is 1.54. The lowest BCUT2D eigenvalue weighted by molar-refractivity contribution is -0.123. The number of sulfonamides is 1. The van der Waals surface area contributed by atoms with Gasteiger partial charge in [-0.3, -0.25) is 4.79 Å². The van der Waals surface area contributed by atoms with E-state index in [-0.39, 0.29) is 23.2 Å². The fourth-order valence-electron chi connectivity index (χ4n) is 3.91. The van der Waals surface area contributed by atoms with Crippen LogP contribution in [0.3, 0.4) is 0 Å². The first-order chi connectivity index (χ1) is 14.4. The van der Waals surface area contributed by atoms with Crippen LogP contribution in [-0.2, 0) is 14.8 Å². The standard InChI is InChI=1S/C23H23FN2O3S/c1-25(21-11-9-20(24)10-12-21)23(27)19-7-4-14-26(16-19)30(28,29)22-13-8-17-5-2-3-6-18(17)15-22/h2-3,5-6,8-13,15,19H,4,7,14,16H2,1H3. The van der Waals surface area contributed by atoms with Gasteiger partial charge in [-0.1, -0.05) is 30.3 Å². The number of fused-ring (bicyclic) bond motifs is 1. The molecule has 0 bridgehead atoms. The van der Waals surface area contributed by atoms with Gasteiger partial charge in [-0.05, 0) is 60.0 Å². The molecule has 0 saturated carbocycles. The van der Waals surface area contributed by atoms with Crippen LogP contribution in [0.15, 0.2) is 71.6 Å². The van der Waals surface area contributed by atoms with Crippen molar-refractivity contribution < 1.29 is 17.6 Å². The molecule has 7 heteroatoms. The second-order valence-electron chi connectivity index (χ2n) is 7.58. The summed E-state index contributed by atoms with van der Waals surface area (Å²) in [5, 5.41) is 1.84. The lowest BCUT2D eigenvalue weighted by Crippen LogP contribution is -2.45. The SMILES string of the molecule is CN(C(=O)C1CCCN(S(=O)(=O)c2ccc3ccccc3c2)C1)c1ccc(F)cc1. The summed E-state index contributed by atoms with van der Waals surface area (Å²) in [7, 11) is -2.07. The lowest BCUT2D eigenvalue weighted by Gasteiger charge is -2.33. The van der Waals surface area contributed by atoms with E-state index in [1.54, 1.807) is 37.4 Å². The van der Waals surface area contributed by atoms with Crippen molar-refractivity contribution in [1.82, 2.24) is 4.31 Å². The van der Waals surface area contributed by atoms with E-state index in [4.69, 9.17) is 0 Å². The summed E-state index contributed by atoms with van der Waals surface area (Å²) in [5.74, 6) is -0.978. The van der Waals surface area contributed by atoms with E-state index in [9.17, 15) is 17.6 Å². The molecule has 1 aliphatic heterocycles. The third-order valence-electron chi connectivity index (χ3n) is 5.64. The number of benzene rings is 3. The van der Waals surface area contributed by atoms with Gasteiger partial charge in [-0.2, -0.15) is 4.31 Å². The molecule has 3 aromatic rings. The van der Waals surface area contributed by atoms with Crippen molar-refractivity contribution in [3.63, 3.8) is 0 Å². The molecule has 0 aliphatic carbocycles. The smallest absolute Gasteiger partial charge is 0.243 e. The molecular formula is C23H23FN2O3S. The molecule has 4 rings (SSSR count). The highest BCUT2D eigenvalue weighted by Gasteiger charge is 2.34. The van der Waals surface area contributed by atoms with E-state index < -0.39 is 15.9 Å². The Bertz CT molecular complexity index is 1180.